The molecule has 0 spiro atoms. The number of hydrogen-bond acceptors (Lipinski definition) is 1. The molecule has 0 aliphatic carbocycles. The summed E-state index contributed by atoms with van der Waals surface area (Å²) in [5.41, 5.74) is 0. The molecule has 0 amide bonds. The molecule has 1 aromatic rings. The fraction of sp³-hybridized carbons (Fsp3) is 0.600. The molecule has 0 atom stereocenters. The molecule has 0 aliphatic heterocycles. The van der Waals surface area contributed by atoms with Gasteiger partial charge < -0.3 is 4.74 Å². The van der Waals surface area contributed by atoms with Gasteiger partial charge in [-0.3, -0.25) is 0 Å². The molecule has 0 saturated heterocycles. The van der Waals surface area contributed by atoms with E-state index in [9.17, 15) is 0 Å². The Bertz CT molecular complexity index is 306. The van der Waals surface area contributed by atoms with Crippen LogP contribution in [-0.2, 0) is 0 Å². The third-order valence-corrected chi connectivity index (χ3v) is 3.22. The molecule has 0 saturated carbocycles. The van der Waals surface area contributed by atoms with Crippen LogP contribution in [0.4, 0.5) is 0 Å². The molecule has 1 aromatic carbocycles. The zero-order chi connectivity index (χ0) is 12.5. The first-order chi connectivity index (χ1) is 8.26. The van der Waals surface area contributed by atoms with E-state index in [2.05, 4.69) is 13.8 Å². The maximum atomic E-state index is 5.91. The van der Waals surface area contributed by atoms with Gasteiger partial charge in [0.25, 0.3) is 0 Å². The SMILES string of the molecule is CCCC(CCC)CCOc1cccc(Cl)c1. The zero-order valence-electron chi connectivity index (χ0n) is 10.9. The van der Waals surface area contributed by atoms with Crippen LogP contribution in [0, 0.1) is 5.92 Å². The summed E-state index contributed by atoms with van der Waals surface area (Å²) in [5, 5.41) is 0.737. The molecule has 0 fully saturated rings. The third-order valence-electron chi connectivity index (χ3n) is 2.98. The fourth-order valence-corrected chi connectivity index (χ4v) is 2.33. The minimum atomic E-state index is 0.737. The first-order valence-corrected chi connectivity index (χ1v) is 7.02. The smallest absolute Gasteiger partial charge is 0.120 e. The Kier molecular flexibility index (Phi) is 7.11. The monoisotopic (exact) mass is 254 g/mol. The summed E-state index contributed by atoms with van der Waals surface area (Å²) in [6, 6.07) is 7.62. The van der Waals surface area contributed by atoms with Crippen molar-refractivity contribution in [1.82, 2.24) is 0 Å². The summed E-state index contributed by atoms with van der Waals surface area (Å²) in [7, 11) is 0. The maximum absolute atomic E-state index is 5.91. The quantitative estimate of drug-likeness (QED) is 0.610. The van der Waals surface area contributed by atoms with Gasteiger partial charge in [0.15, 0.2) is 0 Å². The maximum Gasteiger partial charge on any atom is 0.120 e. The van der Waals surface area contributed by atoms with E-state index in [1.165, 1.54) is 25.7 Å². The highest BCUT2D eigenvalue weighted by Crippen LogP contribution is 2.20. The van der Waals surface area contributed by atoms with E-state index in [1.54, 1.807) is 0 Å². The van der Waals surface area contributed by atoms with Crippen molar-refractivity contribution < 1.29 is 4.74 Å². The second-order valence-corrected chi connectivity index (χ2v) is 4.97. The van der Waals surface area contributed by atoms with Gasteiger partial charge in [-0.25, -0.2) is 0 Å². The molecule has 0 bridgehead atoms. The summed E-state index contributed by atoms with van der Waals surface area (Å²) in [4.78, 5) is 0. The lowest BCUT2D eigenvalue weighted by atomic mass is 9.95. The van der Waals surface area contributed by atoms with Gasteiger partial charge in [0.05, 0.1) is 6.61 Å². The van der Waals surface area contributed by atoms with Crippen LogP contribution >= 0.6 is 11.6 Å². The Morgan fingerprint density at radius 1 is 1.12 bits per heavy atom. The Morgan fingerprint density at radius 3 is 2.41 bits per heavy atom. The van der Waals surface area contributed by atoms with Crippen molar-refractivity contribution in [1.29, 1.82) is 0 Å². The average molecular weight is 255 g/mol. The molecule has 0 aliphatic rings. The Labute approximate surface area is 110 Å². The first kappa shape index (κ1) is 14.4. The molecule has 96 valence electrons. The number of hydrogen-bond donors (Lipinski definition) is 0. The van der Waals surface area contributed by atoms with E-state index in [0.29, 0.717) is 0 Å². The Hall–Kier alpha value is -0.690. The summed E-state index contributed by atoms with van der Waals surface area (Å²) in [6.07, 6.45) is 6.30. The largest absolute Gasteiger partial charge is 0.494 e. The second-order valence-electron chi connectivity index (χ2n) is 4.54. The van der Waals surface area contributed by atoms with E-state index in [4.69, 9.17) is 16.3 Å². The highest BCUT2D eigenvalue weighted by molar-refractivity contribution is 6.30. The summed E-state index contributed by atoms with van der Waals surface area (Å²) < 4.78 is 5.73. The van der Waals surface area contributed by atoms with Gasteiger partial charge in [0, 0.05) is 5.02 Å². The summed E-state index contributed by atoms with van der Waals surface area (Å²) in [6.45, 7) is 5.30. The normalized spacial score (nSPS) is 10.8. The van der Waals surface area contributed by atoms with Gasteiger partial charge in [-0.2, -0.15) is 0 Å². The molecule has 1 rings (SSSR count). The number of ether oxygens (including phenoxy) is 1. The topological polar surface area (TPSA) is 9.23 Å². The van der Waals surface area contributed by atoms with Gasteiger partial charge in [0.1, 0.15) is 5.75 Å². The second kappa shape index (κ2) is 8.41. The summed E-state index contributed by atoms with van der Waals surface area (Å²) in [5.74, 6) is 1.69. The molecule has 0 N–H and O–H groups in total. The fourth-order valence-electron chi connectivity index (χ4n) is 2.15. The van der Waals surface area contributed by atoms with Gasteiger partial charge in [-0.1, -0.05) is 57.2 Å². The lowest BCUT2D eigenvalue weighted by Crippen LogP contribution is -2.07. The van der Waals surface area contributed by atoms with Gasteiger partial charge >= 0.3 is 0 Å². The Balaban J connectivity index is 2.30. The van der Waals surface area contributed by atoms with Crippen LogP contribution in [0.2, 0.25) is 5.02 Å². The van der Waals surface area contributed by atoms with Crippen LogP contribution in [-0.4, -0.2) is 6.61 Å². The van der Waals surface area contributed by atoms with Crippen molar-refractivity contribution in [2.45, 2.75) is 46.0 Å². The van der Waals surface area contributed by atoms with Crippen molar-refractivity contribution in [3.8, 4) is 5.75 Å². The molecule has 0 radical (unpaired) electrons. The summed E-state index contributed by atoms with van der Waals surface area (Å²) >= 11 is 5.91. The average Bonchev–Trinajstić information content (AvgIpc) is 2.30. The number of halogens is 1. The van der Waals surface area contributed by atoms with Crippen molar-refractivity contribution in [3.63, 3.8) is 0 Å². The van der Waals surface area contributed by atoms with Gasteiger partial charge in [-0.05, 0) is 30.5 Å². The van der Waals surface area contributed by atoms with E-state index >= 15 is 0 Å². The standard InChI is InChI=1S/C15H23ClO/c1-3-6-13(7-4-2)10-11-17-15-9-5-8-14(16)12-15/h5,8-9,12-13H,3-4,6-7,10-11H2,1-2H3. The molecule has 0 aromatic heterocycles. The minimum absolute atomic E-state index is 0.737. The lowest BCUT2D eigenvalue weighted by Gasteiger charge is -2.15. The molecular weight excluding hydrogens is 232 g/mol. The highest BCUT2D eigenvalue weighted by atomic mass is 35.5. The molecule has 2 heteroatoms. The molecule has 17 heavy (non-hydrogen) atoms. The van der Waals surface area contributed by atoms with Crippen molar-refractivity contribution in [2.24, 2.45) is 5.92 Å². The van der Waals surface area contributed by atoms with Crippen LogP contribution in [0.15, 0.2) is 24.3 Å². The lowest BCUT2D eigenvalue weighted by molar-refractivity contribution is 0.264. The van der Waals surface area contributed by atoms with Crippen LogP contribution in [0.1, 0.15) is 46.0 Å². The van der Waals surface area contributed by atoms with Crippen LogP contribution < -0.4 is 4.74 Å². The van der Waals surface area contributed by atoms with E-state index in [1.807, 2.05) is 24.3 Å². The van der Waals surface area contributed by atoms with E-state index < -0.39 is 0 Å². The van der Waals surface area contributed by atoms with Crippen LogP contribution in [0.5, 0.6) is 5.75 Å². The van der Waals surface area contributed by atoms with E-state index in [0.717, 1.165) is 29.7 Å². The predicted octanol–water partition coefficient (Wildman–Crippen LogP) is 5.33. The molecule has 1 nitrogen and oxygen atoms in total. The van der Waals surface area contributed by atoms with Crippen molar-refractivity contribution >= 4 is 11.6 Å². The molecule has 0 heterocycles. The molecule has 0 unspecified atom stereocenters. The van der Waals surface area contributed by atoms with Gasteiger partial charge in [0.2, 0.25) is 0 Å². The van der Waals surface area contributed by atoms with Crippen molar-refractivity contribution in [2.75, 3.05) is 6.61 Å². The highest BCUT2D eigenvalue weighted by Gasteiger charge is 2.06. The zero-order valence-corrected chi connectivity index (χ0v) is 11.7. The minimum Gasteiger partial charge on any atom is -0.494 e. The Morgan fingerprint density at radius 2 is 1.82 bits per heavy atom. The van der Waals surface area contributed by atoms with E-state index in [-0.39, 0.29) is 0 Å². The number of benzene rings is 1. The van der Waals surface area contributed by atoms with Crippen LogP contribution in [0.25, 0.3) is 0 Å². The number of rotatable bonds is 8. The first-order valence-electron chi connectivity index (χ1n) is 6.64. The van der Waals surface area contributed by atoms with Crippen molar-refractivity contribution in [3.05, 3.63) is 29.3 Å². The molecular formula is C15H23ClO. The van der Waals surface area contributed by atoms with Gasteiger partial charge in [-0.15, -0.1) is 0 Å². The third kappa shape index (κ3) is 5.97. The predicted molar refractivity (Wildman–Crippen MR) is 74.9 cm³/mol. The van der Waals surface area contributed by atoms with Crippen LogP contribution in [0.3, 0.4) is 0 Å².